The average Bonchev–Trinajstić information content (AvgIpc) is 3.95. The van der Waals surface area contributed by atoms with Crippen molar-refractivity contribution in [2.75, 3.05) is 62.1 Å². The van der Waals surface area contributed by atoms with E-state index in [2.05, 4.69) is 121 Å². The van der Waals surface area contributed by atoms with Gasteiger partial charge in [0.25, 0.3) is 11.8 Å². The molecular formula is C43H48N2O2S8. The zero-order chi connectivity index (χ0) is 37.8. The third kappa shape index (κ3) is 8.48. The number of hydrogen-bond donors (Lipinski definition) is 0. The molecule has 0 spiro atoms. The van der Waals surface area contributed by atoms with Crippen LogP contribution in [0.25, 0.3) is 50.4 Å². The van der Waals surface area contributed by atoms with E-state index in [1.54, 1.807) is 68.0 Å². The molecule has 6 aromatic heterocycles. The van der Waals surface area contributed by atoms with Crippen molar-refractivity contribution in [1.29, 1.82) is 0 Å². The van der Waals surface area contributed by atoms with Gasteiger partial charge >= 0.3 is 0 Å². The second-order valence-electron chi connectivity index (χ2n) is 15.3. The summed E-state index contributed by atoms with van der Waals surface area (Å²) < 4.78 is 0. The van der Waals surface area contributed by atoms with E-state index in [0.29, 0.717) is 24.2 Å². The Morgan fingerprint density at radius 1 is 0.455 bits per heavy atom. The highest BCUT2D eigenvalue weighted by Crippen LogP contribution is 2.51. The van der Waals surface area contributed by atoms with E-state index in [1.165, 1.54) is 29.3 Å². The SMILES string of the molecule is C.CS(C)(C)CCCN1C(=O)C2=C(c3ccc(-c4ccc(-c5cccs5)s4)s3)N(CCCS(C)(C)C)C(=O)C2=C1c1ccc(-c2ccc(-c3cccs3)s2)s1. The van der Waals surface area contributed by atoms with Crippen LogP contribution < -0.4 is 0 Å². The van der Waals surface area contributed by atoms with Gasteiger partial charge in [0.1, 0.15) is 0 Å². The normalized spacial score (nSPS) is 15.5. The first-order valence-electron chi connectivity index (χ1n) is 17.8. The van der Waals surface area contributed by atoms with Crippen LogP contribution in [0.1, 0.15) is 30.0 Å². The fraction of sp³-hybridized carbons (Fsp3) is 0.302. The summed E-state index contributed by atoms with van der Waals surface area (Å²) in [5.74, 6) is 2.07. The first-order chi connectivity index (χ1) is 25.8. The van der Waals surface area contributed by atoms with Crippen molar-refractivity contribution in [2.45, 2.75) is 20.3 Å². The summed E-state index contributed by atoms with van der Waals surface area (Å²) in [4.78, 5) is 45.5. The number of carbonyl (C=O) groups excluding carboxylic acids is 2. The first kappa shape index (κ1) is 40.5. The van der Waals surface area contributed by atoms with Crippen LogP contribution >= 0.6 is 88.1 Å². The first-order valence-corrected chi connectivity index (χ1v) is 28.9. The molecule has 0 fully saturated rings. The Labute approximate surface area is 353 Å². The van der Waals surface area contributed by atoms with Gasteiger partial charge in [0.15, 0.2) is 0 Å². The molecule has 0 aromatic carbocycles. The summed E-state index contributed by atoms with van der Waals surface area (Å²) in [6.45, 7) is 1.20. The Morgan fingerprint density at radius 3 is 1.07 bits per heavy atom. The molecule has 2 aliphatic heterocycles. The molecule has 0 saturated carbocycles. The van der Waals surface area contributed by atoms with Crippen LogP contribution in [0.5, 0.6) is 0 Å². The minimum Gasteiger partial charge on any atom is -0.306 e. The maximum atomic E-state index is 14.9. The number of rotatable bonds is 14. The number of hydrogen-bond acceptors (Lipinski definition) is 8. The number of fused-ring (bicyclic) bond motifs is 1. The lowest BCUT2D eigenvalue weighted by Crippen LogP contribution is -2.31. The summed E-state index contributed by atoms with van der Waals surface area (Å²) in [6.07, 6.45) is 15.8. The predicted octanol–water partition coefficient (Wildman–Crippen LogP) is 13.3. The van der Waals surface area contributed by atoms with Gasteiger partial charge in [-0.2, -0.15) is 0 Å². The van der Waals surface area contributed by atoms with Gasteiger partial charge in [-0.25, -0.2) is 20.1 Å². The number of nitrogens with zero attached hydrogens (tertiary/aromatic N) is 2. The molecule has 0 N–H and O–H groups in total. The molecule has 6 aromatic rings. The van der Waals surface area contributed by atoms with Crippen molar-refractivity contribution in [2.24, 2.45) is 0 Å². The summed E-state index contributed by atoms with van der Waals surface area (Å²) in [7, 11) is -1.49. The smallest absolute Gasteiger partial charge is 0.261 e. The van der Waals surface area contributed by atoms with Crippen LogP contribution in [0.3, 0.4) is 0 Å². The molecule has 8 rings (SSSR count). The third-order valence-electron chi connectivity index (χ3n) is 9.36. The molecular weight excluding hydrogens is 833 g/mol. The van der Waals surface area contributed by atoms with Crippen molar-refractivity contribution >= 4 is 111 Å². The van der Waals surface area contributed by atoms with Crippen molar-refractivity contribution in [3.05, 3.63) is 104 Å². The minimum absolute atomic E-state index is 0. The van der Waals surface area contributed by atoms with Gasteiger partial charge < -0.3 is 9.80 Å². The van der Waals surface area contributed by atoms with Crippen LogP contribution in [-0.2, 0) is 9.59 Å². The van der Waals surface area contributed by atoms with Gasteiger partial charge in [0.05, 0.1) is 32.3 Å². The maximum Gasteiger partial charge on any atom is 0.261 e. The fourth-order valence-electron chi connectivity index (χ4n) is 6.88. The zero-order valence-electron chi connectivity index (χ0n) is 31.3. The molecule has 2 aliphatic rings. The van der Waals surface area contributed by atoms with E-state index in [4.69, 9.17) is 0 Å². The Morgan fingerprint density at radius 2 is 0.764 bits per heavy atom. The molecule has 2 amide bonds. The molecule has 0 atom stereocenters. The molecule has 4 nitrogen and oxygen atoms in total. The maximum absolute atomic E-state index is 14.9. The lowest BCUT2D eigenvalue weighted by atomic mass is 10.1. The van der Waals surface area contributed by atoms with Crippen LogP contribution in [0, 0.1) is 0 Å². The molecule has 12 heteroatoms. The number of thiophene rings is 6. The second-order valence-corrected chi connectivity index (χ2v) is 30.7. The van der Waals surface area contributed by atoms with Crippen LogP contribution in [0.2, 0.25) is 0 Å². The molecule has 55 heavy (non-hydrogen) atoms. The van der Waals surface area contributed by atoms with Crippen molar-refractivity contribution in [3.63, 3.8) is 0 Å². The Bertz CT molecular complexity index is 2200. The highest BCUT2D eigenvalue weighted by atomic mass is 32.3. The third-order valence-corrected chi connectivity index (χ3v) is 19.3. The monoisotopic (exact) mass is 880 g/mol. The summed E-state index contributed by atoms with van der Waals surface area (Å²) in [6, 6.07) is 25.9. The number of amides is 2. The average molecular weight is 881 g/mol. The van der Waals surface area contributed by atoms with E-state index in [9.17, 15) is 9.59 Å². The standard InChI is InChI=1S/C42H44N2O2S8.CH4/c1-53(2,3)25-9-21-43-39(35-19-17-33(51-35)31-15-13-29(49-31)27-11-7-23-47-27)37-38(41(43)45)40(44(42(37)46)22-10-26-54(4,5)6)36-20-18-34(52-36)32-16-14-30(50-32)28-12-8-24-48-28;/h7-8,11-20,23-24H,9-10,21-22,25-26H2,1-6H3;1H4. The van der Waals surface area contributed by atoms with Gasteiger partial charge in [-0.15, -0.1) is 68.0 Å². The van der Waals surface area contributed by atoms with E-state index >= 15 is 0 Å². The van der Waals surface area contributed by atoms with Gasteiger partial charge in [-0.05, 0) is 133 Å². The van der Waals surface area contributed by atoms with Crippen LogP contribution in [0.15, 0.2) is 94.7 Å². The van der Waals surface area contributed by atoms with Gasteiger partial charge in [-0.1, -0.05) is 19.6 Å². The predicted molar refractivity (Wildman–Crippen MR) is 256 cm³/mol. The summed E-state index contributed by atoms with van der Waals surface area (Å²) in [5.41, 5.74) is 2.77. The molecule has 8 heterocycles. The van der Waals surface area contributed by atoms with Crippen molar-refractivity contribution in [1.82, 2.24) is 9.80 Å². The number of carbonyl (C=O) groups is 2. The minimum atomic E-state index is -0.746. The molecule has 0 aliphatic carbocycles. The summed E-state index contributed by atoms with van der Waals surface area (Å²) >= 11 is 10.5. The Kier molecular flexibility index (Phi) is 12.0. The highest BCUT2D eigenvalue weighted by Gasteiger charge is 2.49. The lowest BCUT2D eigenvalue weighted by molar-refractivity contribution is -0.124. The Hall–Kier alpha value is -2.68. The fourth-order valence-corrected chi connectivity index (χ4v) is 14.9. The molecule has 0 bridgehead atoms. The lowest BCUT2D eigenvalue weighted by Gasteiger charge is -2.29. The van der Waals surface area contributed by atoms with Gasteiger partial charge in [-0.3, -0.25) is 9.59 Å². The zero-order valence-corrected chi connectivity index (χ0v) is 37.8. The molecule has 0 radical (unpaired) electrons. The molecule has 290 valence electrons. The van der Waals surface area contributed by atoms with E-state index in [-0.39, 0.29) is 19.2 Å². The molecule has 0 unspecified atom stereocenters. The van der Waals surface area contributed by atoms with E-state index in [1.807, 2.05) is 9.80 Å². The van der Waals surface area contributed by atoms with Gasteiger partial charge in [0.2, 0.25) is 0 Å². The van der Waals surface area contributed by atoms with E-state index < -0.39 is 20.1 Å². The largest absolute Gasteiger partial charge is 0.306 e. The second kappa shape index (κ2) is 16.3. The quantitative estimate of drug-likeness (QED) is 0.109. The van der Waals surface area contributed by atoms with E-state index in [0.717, 1.165) is 55.3 Å². The topological polar surface area (TPSA) is 40.6 Å². The highest BCUT2D eigenvalue weighted by molar-refractivity contribution is 8.32. The van der Waals surface area contributed by atoms with Crippen LogP contribution in [-0.4, -0.2) is 83.7 Å². The Balaban J connectivity index is 0.00000465. The van der Waals surface area contributed by atoms with Gasteiger partial charge in [0, 0.05) is 52.1 Å². The molecule has 0 saturated heterocycles. The summed E-state index contributed by atoms with van der Waals surface area (Å²) in [5, 5.41) is 4.23. The van der Waals surface area contributed by atoms with Crippen molar-refractivity contribution < 1.29 is 9.59 Å². The van der Waals surface area contributed by atoms with Crippen LogP contribution in [0.4, 0.5) is 0 Å². The van der Waals surface area contributed by atoms with Crippen molar-refractivity contribution in [3.8, 4) is 39.0 Å².